The van der Waals surface area contributed by atoms with E-state index in [1.807, 2.05) is 37.3 Å². The molecular formula is C13H19N5O. The van der Waals surface area contributed by atoms with E-state index in [0.717, 1.165) is 37.7 Å². The maximum atomic E-state index is 5.28. The molecule has 1 heterocycles. The fourth-order valence-electron chi connectivity index (χ4n) is 1.73. The summed E-state index contributed by atoms with van der Waals surface area (Å²) in [5, 5.41) is 15.1. The van der Waals surface area contributed by atoms with Crippen LogP contribution in [0, 0.1) is 0 Å². The van der Waals surface area contributed by atoms with Crippen molar-refractivity contribution in [3.05, 3.63) is 36.2 Å². The van der Waals surface area contributed by atoms with E-state index in [0.29, 0.717) is 6.54 Å². The third-order valence-corrected chi connectivity index (χ3v) is 2.66. The minimum absolute atomic E-state index is 0.647. The van der Waals surface area contributed by atoms with Crippen LogP contribution < -0.4 is 5.32 Å². The van der Waals surface area contributed by atoms with E-state index in [-0.39, 0.29) is 0 Å². The molecule has 1 aromatic heterocycles. The predicted octanol–water partition coefficient (Wildman–Crippen LogP) is 1.18. The molecule has 0 radical (unpaired) electrons. The number of tetrazole rings is 1. The van der Waals surface area contributed by atoms with Crippen LogP contribution in [0.3, 0.4) is 0 Å². The van der Waals surface area contributed by atoms with Gasteiger partial charge in [-0.1, -0.05) is 18.2 Å². The molecule has 6 nitrogen and oxygen atoms in total. The highest BCUT2D eigenvalue weighted by atomic mass is 16.5. The van der Waals surface area contributed by atoms with Crippen molar-refractivity contribution < 1.29 is 4.74 Å². The highest BCUT2D eigenvalue weighted by Crippen LogP contribution is 2.06. The monoisotopic (exact) mass is 261 g/mol. The molecule has 0 aliphatic rings. The summed E-state index contributed by atoms with van der Waals surface area (Å²) < 4.78 is 7.02. The Morgan fingerprint density at radius 3 is 2.89 bits per heavy atom. The van der Waals surface area contributed by atoms with Crippen LogP contribution >= 0.6 is 0 Å². The molecule has 0 amide bonds. The van der Waals surface area contributed by atoms with Crippen molar-refractivity contribution >= 4 is 0 Å². The standard InChI is InChI=1S/C13H19N5O/c1-2-19-10-6-9-14-11-13-15-16-17-18(13)12-7-4-3-5-8-12/h3-5,7-8,14H,2,6,9-11H2,1H3. The lowest BCUT2D eigenvalue weighted by molar-refractivity contribution is 0.144. The average Bonchev–Trinajstić information content (AvgIpc) is 2.92. The van der Waals surface area contributed by atoms with Crippen molar-refractivity contribution in [2.75, 3.05) is 19.8 Å². The zero-order valence-electron chi connectivity index (χ0n) is 11.1. The third-order valence-electron chi connectivity index (χ3n) is 2.66. The van der Waals surface area contributed by atoms with Crippen molar-refractivity contribution in [1.29, 1.82) is 0 Å². The topological polar surface area (TPSA) is 64.9 Å². The van der Waals surface area contributed by atoms with Gasteiger partial charge in [-0.25, -0.2) is 0 Å². The Labute approximate surface area is 112 Å². The first-order valence-electron chi connectivity index (χ1n) is 6.53. The lowest BCUT2D eigenvalue weighted by Crippen LogP contribution is -2.19. The summed E-state index contributed by atoms with van der Waals surface area (Å²) in [5.74, 6) is 0.808. The zero-order chi connectivity index (χ0) is 13.3. The Morgan fingerprint density at radius 2 is 2.11 bits per heavy atom. The first kappa shape index (κ1) is 13.6. The van der Waals surface area contributed by atoms with Crippen LogP contribution in [-0.2, 0) is 11.3 Å². The van der Waals surface area contributed by atoms with Crippen molar-refractivity contribution in [3.8, 4) is 5.69 Å². The Bertz CT molecular complexity index is 471. The molecule has 102 valence electrons. The highest BCUT2D eigenvalue weighted by Gasteiger charge is 2.06. The van der Waals surface area contributed by atoms with Crippen LogP contribution in [0.1, 0.15) is 19.2 Å². The van der Waals surface area contributed by atoms with E-state index in [9.17, 15) is 0 Å². The third kappa shape index (κ3) is 4.11. The van der Waals surface area contributed by atoms with Crippen LogP contribution in [0.15, 0.2) is 30.3 Å². The summed E-state index contributed by atoms with van der Waals surface area (Å²) in [4.78, 5) is 0. The van der Waals surface area contributed by atoms with E-state index < -0.39 is 0 Å². The Kier molecular flexibility index (Phi) is 5.46. The van der Waals surface area contributed by atoms with Crippen LogP contribution in [0.4, 0.5) is 0 Å². The second-order valence-corrected chi connectivity index (χ2v) is 4.07. The van der Waals surface area contributed by atoms with Gasteiger partial charge in [-0.05, 0) is 42.4 Å². The van der Waals surface area contributed by atoms with Crippen molar-refractivity contribution in [2.24, 2.45) is 0 Å². The molecule has 6 heteroatoms. The molecule has 0 bridgehead atoms. The van der Waals surface area contributed by atoms with Gasteiger partial charge in [-0.3, -0.25) is 0 Å². The summed E-state index contributed by atoms with van der Waals surface area (Å²) in [7, 11) is 0. The number of aromatic nitrogens is 4. The molecule has 0 aliphatic heterocycles. The molecule has 0 aliphatic carbocycles. The largest absolute Gasteiger partial charge is 0.382 e. The summed E-state index contributed by atoms with van der Waals surface area (Å²) in [6.45, 7) is 5.09. The van der Waals surface area contributed by atoms with E-state index in [2.05, 4.69) is 20.8 Å². The van der Waals surface area contributed by atoms with Gasteiger partial charge >= 0.3 is 0 Å². The number of para-hydroxylation sites is 1. The number of benzene rings is 1. The number of rotatable bonds is 8. The van der Waals surface area contributed by atoms with Crippen molar-refractivity contribution in [2.45, 2.75) is 19.9 Å². The number of hydrogen-bond donors (Lipinski definition) is 1. The predicted molar refractivity (Wildman–Crippen MR) is 72.0 cm³/mol. The summed E-state index contributed by atoms with van der Waals surface area (Å²) in [6, 6.07) is 9.87. The fourth-order valence-corrected chi connectivity index (χ4v) is 1.73. The van der Waals surface area contributed by atoms with Gasteiger partial charge in [0.15, 0.2) is 5.82 Å². The summed E-state index contributed by atoms with van der Waals surface area (Å²) >= 11 is 0. The van der Waals surface area contributed by atoms with Gasteiger partial charge in [0, 0.05) is 13.2 Å². The maximum Gasteiger partial charge on any atom is 0.170 e. The molecule has 0 saturated heterocycles. The van der Waals surface area contributed by atoms with Gasteiger partial charge in [-0.15, -0.1) is 5.10 Å². The Balaban J connectivity index is 1.83. The van der Waals surface area contributed by atoms with Gasteiger partial charge in [0.1, 0.15) is 0 Å². The smallest absolute Gasteiger partial charge is 0.170 e. The molecule has 0 atom stereocenters. The van der Waals surface area contributed by atoms with Crippen LogP contribution in [0.5, 0.6) is 0 Å². The number of hydrogen-bond acceptors (Lipinski definition) is 5. The van der Waals surface area contributed by atoms with E-state index in [1.54, 1.807) is 4.68 Å². The quantitative estimate of drug-likeness (QED) is 0.723. The van der Waals surface area contributed by atoms with Gasteiger partial charge in [0.25, 0.3) is 0 Å². The van der Waals surface area contributed by atoms with Crippen molar-refractivity contribution in [1.82, 2.24) is 25.5 Å². The lowest BCUT2D eigenvalue weighted by Gasteiger charge is -2.06. The first-order chi connectivity index (χ1) is 9.42. The van der Waals surface area contributed by atoms with Crippen LogP contribution in [0.2, 0.25) is 0 Å². The minimum Gasteiger partial charge on any atom is -0.382 e. The molecule has 1 aromatic carbocycles. The van der Waals surface area contributed by atoms with E-state index in [4.69, 9.17) is 4.74 Å². The van der Waals surface area contributed by atoms with E-state index in [1.165, 1.54) is 0 Å². The normalized spacial score (nSPS) is 10.8. The van der Waals surface area contributed by atoms with E-state index >= 15 is 0 Å². The second-order valence-electron chi connectivity index (χ2n) is 4.07. The Hall–Kier alpha value is -1.79. The van der Waals surface area contributed by atoms with Crippen molar-refractivity contribution in [3.63, 3.8) is 0 Å². The molecule has 0 spiro atoms. The maximum absolute atomic E-state index is 5.28. The average molecular weight is 261 g/mol. The number of ether oxygens (including phenoxy) is 1. The lowest BCUT2D eigenvalue weighted by atomic mass is 10.3. The van der Waals surface area contributed by atoms with Crippen LogP contribution in [0.25, 0.3) is 5.69 Å². The highest BCUT2D eigenvalue weighted by molar-refractivity contribution is 5.30. The summed E-state index contributed by atoms with van der Waals surface area (Å²) in [5.41, 5.74) is 0.971. The molecule has 2 rings (SSSR count). The number of nitrogens with zero attached hydrogens (tertiary/aromatic N) is 4. The zero-order valence-corrected chi connectivity index (χ0v) is 11.1. The van der Waals surface area contributed by atoms with Gasteiger partial charge in [-0.2, -0.15) is 4.68 Å². The van der Waals surface area contributed by atoms with Gasteiger partial charge in [0.2, 0.25) is 0 Å². The number of nitrogens with one attached hydrogen (secondary N) is 1. The molecule has 1 N–H and O–H groups in total. The molecule has 2 aromatic rings. The first-order valence-corrected chi connectivity index (χ1v) is 6.53. The minimum atomic E-state index is 0.647. The molecule has 0 unspecified atom stereocenters. The summed E-state index contributed by atoms with van der Waals surface area (Å²) in [6.07, 6.45) is 0.987. The fraction of sp³-hybridized carbons (Fsp3) is 0.462. The Morgan fingerprint density at radius 1 is 1.26 bits per heavy atom. The molecular weight excluding hydrogens is 242 g/mol. The van der Waals surface area contributed by atoms with Gasteiger partial charge in [0.05, 0.1) is 12.2 Å². The SMILES string of the molecule is CCOCCCNCc1nnnn1-c1ccccc1. The molecule has 0 saturated carbocycles. The second kappa shape index (κ2) is 7.60. The molecule has 19 heavy (non-hydrogen) atoms. The molecule has 0 fully saturated rings. The van der Waals surface area contributed by atoms with Crippen LogP contribution in [-0.4, -0.2) is 40.0 Å². The van der Waals surface area contributed by atoms with Gasteiger partial charge < -0.3 is 10.1 Å².